The maximum atomic E-state index is 12.8. The highest BCUT2D eigenvalue weighted by Gasteiger charge is 2.13. The molecule has 1 aromatic heterocycles. The first kappa shape index (κ1) is 13.5. The van der Waals surface area contributed by atoms with Crippen LogP contribution in [0.5, 0.6) is 0 Å². The quantitative estimate of drug-likeness (QED) is 0.688. The van der Waals surface area contributed by atoms with E-state index in [4.69, 9.17) is 5.73 Å². The first-order valence-corrected chi connectivity index (χ1v) is 6.69. The van der Waals surface area contributed by atoms with Crippen LogP contribution >= 0.6 is 11.8 Å². The van der Waals surface area contributed by atoms with Crippen molar-refractivity contribution >= 4 is 23.4 Å². The van der Waals surface area contributed by atoms with Gasteiger partial charge >= 0.3 is 0 Å². The molecule has 0 saturated carbocycles. The number of thioether (sulfide) groups is 1. The Bertz CT molecular complexity index is 579. The summed E-state index contributed by atoms with van der Waals surface area (Å²) >= 11 is 1.35. The van der Waals surface area contributed by atoms with Gasteiger partial charge in [0.15, 0.2) is 5.78 Å². The fraction of sp³-hybridized carbons (Fsp3) is 0.143. The molecule has 0 aliphatic carbocycles. The molecule has 0 atom stereocenters. The maximum absolute atomic E-state index is 12.8. The van der Waals surface area contributed by atoms with Crippen LogP contribution in [0.25, 0.3) is 0 Å². The lowest BCUT2D eigenvalue weighted by Gasteiger charge is -2.07. The molecule has 98 valence electrons. The van der Waals surface area contributed by atoms with E-state index in [1.807, 2.05) is 6.92 Å². The Balaban J connectivity index is 2.07. The van der Waals surface area contributed by atoms with Crippen LogP contribution < -0.4 is 5.73 Å². The van der Waals surface area contributed by atoms with Crippen molar-refractivity contribution in [1.82, 2.24) is 4.98 Å². The van der Waals surface area contributed by atoms with Gasteiger partial charge < -0.3 is 5.73 Å². The van der Waals surface area contributed by atoms with Crippen LogP contribution in [0.2, 0.25) is 0 Å². The highest BCUT2D eigenvalue weighted by molar-refractivity contribution is 8.00. The van der Waals surface area contributed by atoms with Crippen LogP contribution in [0, 0.1) is 12.7 Å². The minimum atomic E-state index is -0.289. The third kappa shape index (κ3) is 3.32. The zero-order valence-electron chi connectivity index (χ0n) is 10.4. The summed E-state index contributed by atoms with van der Waals surface area (Å²) in [7, 11) is 0. The molecule has 0 saturated heterocycles. The molecule has 0 bridgehead atoms. The van der Waals surface area contributed by atoms with E-state index < -0.39 is 0 Å². The van der Waals surface area contributed by atoms with Crippen molar-refractivity contribution in [3.8, 4) is 0 Å². The molecule has 19 heavy (non-hydrogen) atoms. The molecule has 0 fully saturated rings. The molecule has 1 heterocycles. The van der Waals surface area contributed by atoms with Crippen molar-refractivity contribution in [3.63, 3.8) is 0 Å². The molecule has 2 N–H and O–H groups in total. The van der Waals surface area contributed by atoms with Crippen LogP contribution in [0.3, 0.4) is 0 Å². The summed E-state index contributed by atoms with van der Waals surface area (Å²) in [6.45, 7) is 1.83. The van der Waals surface area contributed by atoms with Gasteiger partial charge in [-0.2, -0.15) is 0 Å². The summed E-state index contributed by atoms with van der Waals surface area (Å²) in [5, 5.41) is 0. The standard InChI is InChI=1S/C14H13FN2OS/c1-9-6-7-17-14(16)13(9)12(18)8-19-11-4-2-10(15)3-5-11/h2-7H,8H2,1H3,(H2,16,17). The molecule has 3 nitrogen and oxygen atoms in total. The van der Waals surface area contributed by atoms with Crippen molar-refractivity contribution in [2.24, 2.45) is 0 Å². The number of ketones is 1. The third-order valence-electron chi connectivity index (χ3n) is 2.65. The number of Topliss-reactive ketones (excluding diaryl/α,β-unsaturated/α-hetero) is 1. The molecule has 0 radical (unpaired) electrons. The molecule has 0 amide bonds. The largest absolute Gasteiger partial charge is 0.383 e. The normalized spacial score (nSPS) is 10.4. The predicted octanol–water partition coefficient (Wildman–Crippen LogP) is 3.09. The number of aromatic nitrogens is 1. The number of carbonyl (C=O) groups is 1. The van der Waals surface area contributed by atoms with Gasteiger partial charge in [-0.25, -0.2) is 9.37 Å². The number of nitrogens with zero attached hydrogens (tertiary/aromatic N) is 1. The SMILES string of the molecule is Cc1ccnc(N)c1C(=O)CSc1ccc(F)cc1. The fourth-order valence-corrected chi connectivity index (χ4v) is 2.46. The fourth-order valence-electron chi connectivity index (χ4n) is 1.69. The summed E-state index contributed by atoms with van der Waals surface area (Å²) < 4.78 is 12.8. The second-order valence-electron chi connectivity index (χ2n) is 4.05. The molecule has 5 heteroatoms. The van der Waals surface area contributed by atoms with Crippen LogP contribution in [0.1, 0.15) is 15.9 Å². The zero-order chi connectivity index (χ0) is 13.8. The van der Waals surface area contributed by atoms with E-state index in [-0.39, 0.29) is 23.2 Å². The number of rotatable bonds is 4. The zero-order valence-corrected chi connectivity index (χ0v) is 11.2. The van der Waals surface area contributed by atoms with Gasteiger partial charge in [-0.3, -0.25) is 4.79 Å². The van der Waals surface area contributed by atoms with Crippen molar-refractivity contribution in [2.45, 2.75) is 11.8 Å². The molecule has 0 spiro atoms. The maximum Gasteiger partial charge on any atom is 0.177 e. The second-order valence-corrected chi connectivity index (χ2v) is 5.10. The van der Waals surface area contributed by atoms with Gasteiger partial charge in [0.25, 0.3) is 0 Å². The Morgan fingerprint density at radius 3 is 2.63 bits per heavy atom. The summed E-state index contributed by atoms with van der Waals surface area (Å²) in [6.07, 6.45) is 1.58. The van der Waals surface area contributed by atoms with Crippen LogP contribution in [0.4, 0.5) is 10.2 Å². The van der Waals surface area contributed by atoms with E-state index in [0.29, 0.717) is 5.56 Å². The Morgan fingerprint density at radius 2 is 2.00 bits per heavy atom. The van der Waals surface area contributed by atoms with Crippen LogP contribution in [0.15, 0.2) is 41.4 Å². The smallest absolute Gasteiger partial charge is 0.177 e. The molecule has 2 rings (SSSR count). The predicted molar refractivity (Wildman–Crippen MR) is 74.8 cm³/mol. The molecule has 0 aliphatic rings. The summed E-state index contributed by atoms with van der Waals surface area (Å²) in [4.78, 5) is 16.9. The number of nitrogens with two attached hydrogens (primary N) is 1. The van der Waals surface area contributed by atoms with E-state index in [1.54, 1.807) is 24.4 Å². The molecular formula is C14H13FN2OS. The first-order valence-electron chi connectivity index (χ1n) is 5.70. The average Bonchev–Trinajstić information content (AvgIpc) is 2.38. The summed E-state index contributed by atoms with van der Waals surface area (Å²) in [5.41, 5.74) is 7.01. The number of benzene rings is 1. The number of aryl methyl sites for hydroxylation is 1. The topological polar surface area (TPSA) is 56.0 Å². The highest BCUT2D eigenvalue weighted by Crippen LogP contribution is 2.22. The summed E-state index contributed by atoms with van der Waals surface area (Å²) in [5.74, 6) is 0.146. The number of anilines is 1. The molecule has 2 aromatic rings. The van der Waals surface area contributed by atoms with Crippen molar-refractivity contribution in [3.05, 3.63) is 53.5 Å². The van der Waals surface area contributed by atoms with Crippen molar-refractivity contribution in [2.75, 3.05) is 11.5 Å². The van der Waals surface area contributed by atoms with E-state index in [1.165, 1.54) is 23.9 Å². The van der Waals surface area contributed by atoms with Crippen molar-refractivity contribution in [1.29, 1.82) is 0 Å². The highest BCUT2D eigenvalue weighted by atomic mass is 32.2. The molecular weight excluding hydrogens is 263 g/mol. The van der Waals surface area contributed by atoms with Gasteiger partial charge in [-0.05, 0) is 42.8 Å². The minimum Gasteiger partial charge on any atom is -0.383 e. The number of halogens is 1. The van der Waals surface area contributed by atoms with Gasteiger partial charge in [0.05, 0.1) is 11.3 Å². The van der Waals surface area contributed by atoms with E-state index in [0.717, 1.165) is 10.5 Å². The van der Waals surface area contributed by atoms with E-state index in [2.05, 4.69) is 4.98 Å². The Morgan fingerprint density at radius 1 is 1.32 bits per heavy atom. The molecule has 0 unspecified atom stereocenters. The van der Waals surface area contributed by atoms with Gasteiger partial charge in [-0.15, -0.1) is 11.8 Å². The van der Waals surface area contributed by atoms with Gasteiger partial charge in [0, 0.05) is 11.1 Å². The summed E-state index contributed by atoms with van der Waals surface area (Å²) in [6, 6.07) is 7.79. The monoisotopic (exact) mass is 276 g/mol. The number of carbonyl (C=O) groups excluding carboxylic acids is 1. The first-order chi connectivity index (χ1) is 9.08. The second kappa shape index (κ2) is 5.84. The van der Waals surface area contributed by atoms with E-state index in [9.17, 15) is 9.18 Å². The Kier molecular flexibility index (Phi) is 4.16. The van der Waals surface area contributed by atoms with Crippen LogP contribution in [-0.2, 0) is 0 Å². The van der Waals surface area contributed by atoms with Gasteiger partial charge in [0.2, 0.25) is 0 Å². The Labute approximate surface area is 115 Å². The van der Waals surface area contributed by atoms with Crippen LogP contribution in [-0.4, -0.2) is 16.5 Å². The third-order valence-corrected chi connectivity index (χ3v) is 3.66. The Hall–Kier alpha value is -1.88. The lowest BCUT2D eigenvalue weighted by atomic mass is 10.1. The van der Waals surface area contributed by atoms with Crippen molar-refractivity contribution < 1.29 is 9.18 Å². The average molecular weight is 276 g/mol. The number of hydrogen-bond donors (Lipinski definition) is 1. The lowest BCUT2D eigenvalue weighted by Crippen LogP contribution is -2.10. The molecule has 0 aliphatic heterocycles. The van der Waals surface area contributed by atoms with Gasteiger partial charge in [-0.1, -0.05) is 0 Å². The number of nitrogen functional groups attached to an aromatic ring is 1. The minimum absolute atomic E-state index is 0.0718. The van der Waals surface area contributed by atoms with Gasteiger partial charge in [0.1, 0.15) is 11.6 Å². The number of hydrogen-bond acceptors (Lipinski definition) is 4. The lowest BCUT2D eigenvalue weighted by molar-refractivity contribution is 0.102. The van der Waals surface area contributed by atoms with E-state index >= 15 is 0 Å². The number of pyridine rings is 1. The molecule has 1 aromatic carbocycles.